The monoisotopic (exact) mass is 173 g/mol. The summed E-state index contributed by atoms with van der Waals surface area (Å²) >= 11 is 0. The van der Waals surface area contributed by atoms with Crippen molar-refractivity contribution in [1.29, 1.82) is 0 Å². The summed E-state index contributed by atoms with van der Waals surface area (Å²) in [4.78, 5) is 0. The summed E-state index contributed by atoms with van der Waals surface area (Å²) in [6, 6.07) is 10.2. The van der Waals surface area contributed by atoms with Crippen LogP contribution in [0.5, 0.6) is 0 Å². The van der Waals surface area contributed by atoms with Crippen molar-refractivity contribution >= 4 is 5.69 Å². The van der Waals surface area contributed by atoms with Crippen molar-refractivity contribution in [3.8, 4) is 0 Å². The van der Waals surface area contributed by atoms with E-state index in [9.17, 15) is 0 Å². The topological polar surface area (TPSA) is 12.0 Å². The van der Waals surface area contributed by atoms with E-state index in [-0.39, 0.29) is 0 Å². The number of nitrogens with one attached hydrogen (secondary N) is 1. The van der Waals surface area contributed by atoms with Crippen molar-refractivity contribution in [2.24, 2.45) is 0 Å². The Morgan fingerprint density at radius 3 is 2.62 bits per heavy atom. The van der Waals surface area contributed by atoms with Gasteiger partial charge in [0.1, 0.15) is 0 Å². The Balaban J connectivity index is 2.24. The van der Waals surface area contributed by atoms with Crippen LogP contribution < -0.4 is 5.32 Å². The summed E-state index contributed by atoms with van der Waals surface area (Å²) in [6.07, 6.45) is 7.03. The van der Waals surface area contributed by atoms with Gasteiger partial charge in [-0.1, -0.05) is 36.4 Å². The molecule has 1 aromatic carbocycles. The molecule has 0 heterocycles. The van der Waals surface area contributed by atoms with Gasteiger partial charge in [0.25, 0.3) is 0 Å². The van der Waals surface area contributed by atoms with Crippen molar-refractivity contribution in [2.75, 3.05) is 11.9 Å². The average molecular weight is 173 g/mol. The second kappa shape index (κ2) is 6.06. The van der Waals surface area contributed by atoms with Crippen LogP contribution in [0.3, 0.4) is 0 Å². The Kier molecular flexibility index (Phi) is 4.47. The van der Waals surface area contributed by atoms with Crippen LogP contribution in [0.25, 0.3) is 0 Å². The van der Waals surface area contributed by atoms with Crippen LogP contribution in [0.4, 0.5) is 5.69 Å². The lowest BCUT2D eigenvalue weighted by molar-refractivity contribution is 1.29. The van der Waals surface area contributed by atoms with Crippen LogP contribution >= 0.6 is 0 Å². The molecule has 0 saturated heterocycles. The van der Waals surface area contributed by atoms with E-state index >= 15 is 0 Å². The highest BCUT2D eigenvalue weighted by Gasteiger charge is 1.83. The smallest absolute Gasteiger partial charge is 0.0342 e. The molecule has 1 heteroatoms. The lowest BCUT2D eigenvalue weighted by Gasteiger charge is -2.00. The third-order valence-corrected chi connectivity index (χ3v) is 1.67. The average Bonchev–Trinajstić information content (AvgIpc) is 2.19. The Morgan fingerprint density at radius 2 is 1.92 bits per heavy atom. The van der Waals surface area contributed by atoms with E-state index < -0.39 is 0 Å². The molecule has 0 atom stereocenters. The zero-order chi connectivity index (χ0) is 9.36. The lowest BCUT2D eigenvalue weighted by atomic mass is 10.3. The molecule has 0 bridgehead atoms. The first-order chi connectivity index (χ1) is 6.43. The predicted octanol–water partition coefficient (Wildman–Crippen LogP) is 3.23. The molecule has 68 valence electrons. The maximum absolute atomic E-state index is 3.64. The number of hydrogen-bond acceptors (Lipinski definition) is 1. The first-order valence-electron chi connectivity index (χ1n) is 4.48. The van der Waals surface area contributed by atoms with Crippen LogP contribution in [0, 0.1) is 0 Å². The fourth-order valence-electron chi connectivity index (χ4n) is 1.01. The quantitative estimate of drug-likeness (QED) is 0.674. The van der Waals surface area contributed by atoms with E-state index in [2.05, 4.69) is 36.2 Å². The van der Waals surface area contributed by atoms with E-state index in [0.717, 1.165) is 18.7 Å². The summed E-state index contributed by atoms with van der Waals surface area (Å²) in [5.74, 6) is 0. The van der Waals surface area contributed by atoms with Gasteiger partial charge >= 0.3 is 0 Å². The van der Waals surface area contributed by atoms with Crippen molar-refractivity contribution in [3.05, 3.63) is 55.1 Å². The van der Waals surface area contributed by atoms with E-state index in [0.29, 0.717) is 0 Å². The molecule has 0 aliphatic carbocycles. The zero-order valence-corrected chi connectivity index (χ0v) is 7.74. The molecule has 0 unspecified atom stereocenters. The molecule has 0 aromatic heterocycles. The Morgan fingerprint density at radius 1 is 1.15 bits per heavy atom. The molecule has 0 amide bonds. The van der Waals surface area contributed by atoms with Gasteiger partial charge in [-0.05, 0) is 18.6 Å². The molecule has 13 heavy (non-hydrogen) atoms. The zero-order valence-electron chi connectivity index (χ0n) is 7.74. The van der Waals surface area contributed by atoms with Crippen LogP contribution in [0.2, 0.25) is 0 Å². The summed E-state index contributed by atoms with van der Waals surface area (Å²) in [7, 11) is 0. The highest BCUT2D eigenvalue weighted by Crippen LogP contribution is 2.03. The van der Waals surface area contributed by atoms with Gasteiger partial charge in [-0.15, -0.1) is 6.58 Å². The third-order valence-electron chi connectivity index (χ3n) is 1.67. The maximum atomic E-state index is 3.64. The van der Waals surface area contributed by atoms with Gasteiger partial charge in [-0.2, -0.15) is 0 Å². The van der Waals surface area contributed by atoms with Gasteiger partial charge < -0.3 is 5.32 Å². The SMILES string of the molecule is C=CC/C=C/CNc1ccccc1. The molecule has 1 aromatic rings. The molecular weight excluding hydrogens is 158 g/mol. The third kappa shape index (κ3) is 4.16. The van der Waals surface area contributed by atoms with E-state index in [1.54, 1.807) is 0 Å². The standard InChI is InChI=1S/C12H15N/c1-2-3-4-8-11-13-12-9-6-5-7-10-12/h2,4-10,13H,1,3,11H2/b8-4+. The van der Waals surface area contributed by atoms with Crippen LogP contribution in [0.1, 0.15) is 6.42 Å². The molecule has 1 nitrogen and oxygen atoms in total. The van der Waals surface area contributed by atoms with Crippen molar-refractivity contribution in [2.45, 2.75) is 6.42 Å². The fraction of sp³-hybridized carbons (Fsp3) is 0.167. The van der Waals surface area contributed by atoms with Gasteiger partial charge in [0.05, 0.1) is 0 Å². The first-order valence-corrected chi connectivity index (χ1v) is 4.48. The van der Waals surface area contributed by atoms with Gasteiger partial charge in [0.2, 0.25) is 0 Å². The van der Waals surface area contributed by atoms with Crippen molar-refractivity contribution < 1.29 is 0 Å². The van der Waals surface area contributed by atoms with Gasteiger partial charge in [0, 0.05) is 12.2 Å². The number of rotatable bonds is 5. The van der Waals surface area contributed by atoms with E-state index in [1.165, 1.54) is 0 Å². The summed E-state index contributed by atoms with van der Waals surface area (Å²) < 4.78 is 0. The number of allylic oxidation sites excluding steroid dienone is 2. The van der Waals surface area contributed by atoms with E-state index in [4.69, 9.17) is 0 Å². The van der Waals surface area contributed by atoms with Gasteiger partial charge in [-0.3, -0.25) is 0 Å². The van der Waals surface area contributed by atoms with Gasteiger partial charge in [-0.25, -0.2) is 0 Å². The highest BCUT2D eigenvalue weighted by atomic mass is 14.8. The summed E-state index contributed by atoms with van der Waals surface area (Å²) in [5.41, 5.74) is 1.16. The van der Waals surface area contributed by atoms with E-state index in [1.807, 2.05) is 24.3 Å². The Labute approximate surface area is 79.8 Å². The minimum Gasteiger partial charge on any atom is -0.382 e. The summed E-state index contributed by atoms with van der Waals surface area (Å²) in [6.45, 7) is 4.52. The lowest BCUT2D eigenvalue weighted by Crippen LogP contribution is -1.96. The molecule has 1 N–H and O–H groups in total. The molecule has 1 rings (SSSR count). The minimum absolute atomic E-state index is 0.873. The summed E-state index contributed by atoms with van der Waals surface area (Å²) in [5, 5.41) is 3.28. The second-order valence-electron chi connectivity index (χ2n) is 2.74. The molecule has 0 spiro atoms. The fourth-order valence-corrected chi connectivity index (χ4v) is 1.01. The van der Waals surface area contributed by atoms with Crippen molar-refractivity contribution in [3.63, 3.8) is 0 Å². The number of benzene rings is 1. The van der Waals surface area contributed by atoms with Crippen LogP contribution in [-0.4, -0.2) is 6.54 Å². The highest BCUT2D eigenvalue weighted by molar-refractivity contribution is 5.42. The molecule has 0 aliphatic heterocycles. The Bertz CT molecular complexity index is 262. The predicted molar refractivity (Wildman–Crippen MR) is 58.9 cm³/mol. The molecule has 0 saturated carbocycles. The molecular formula is C12H15N. The van der Waals surface area contributed by atoms with Crippen molar-refractivity contribution in [1.82, 2.24) is 0 Å². The minimum atomic E-state index is 0.873. The van der Waals surface area contributed by atoms with Gasteiger partial charge in [0.15, 0.2) is 0 Å². The maximum Gasteiger partial charge on any atom is 0.0342 e. The normalized spacial score (nSPS) is 10.2. The Hall–Kier alpha value is -1.50. The molecule has 0 radical (unpaired) electrons. The number of hydrogen-bond donors (Lipinski definition) is 1. The largest absolute Gasteiger partial charge is 0.382 e. The molecule has 0 fully saturated rings. The molecule has 0 aliphatic rings. The number of anilines is 1. The number of para-hydroxylation sites is 1. The first kappa shape index (κ1) is 9.59. The van der Waals surface area contributed by atoms with Crippen LogP contribution in [-0.2, 0) is 0 Å². The second-order valence-corrected chi connectivity index (χ2v) is 2.74. The van der Waals surface area contributed by atoms with Crippen LogP contribution in [0.15, 0.2) is 55.1 Å².